The van der Waals surface area contributed by atoms with E-state index < -0.39 is 27.8 Å². The van der Waals surface area contributed by atoms with E-state index in [0.717, 1.165) is 6.07 Å². The molecule has 166 valence electrons. The third kappa shape index (κ3) is 5.33. The molecule has 8 nitrogen and oxygen atoms in total. The van der Waals surface area contributed by atoms with Crippen LogP contribution in [0.25, 0.3) is 0 Å². The molecular weight excluding hydrogens is 449 g/mol. The van der Waals surface area contributed by atoms with Gasteiger partial charge in [0, 0.05) is 36.8 Å². The van der Waals surface area contributed by atoms with Gasteiger partial charge in [-0.05, 0) is 43.3 Å². The van der Waals surface area contributed by atoms with Crippen molar-refractivity contribution in [2.75, 3.05) is 38.1 Å². The summed E-state index contributed by atoms with van der Waals surface area (Å²) in [5.74, 6) is -1.46. The van der Waals surface area contributed by atoms with Crippen molar-refractivity contribution < 1.29 is 27.1 Å². The number of hydrogen-bond acceptors (Lipinski definition) is 5. The van der Waals surface area contributed by atoms with E-state index in [-0.39, 0.29) is 48.9 Å². The molecule has 1 N–H and O–H groups in total. The Kier molecular flexibility index (Phi) is 7.14. The standard InChI is InChI=1S/C20H21ClFN3O5S/c1-2-30-20(27)24-8-10-25(11-9-24)31(28,29)16-6-7-18(17(22)13-16)23-19(26)14-4-3-5-15(21)12-14/h3-7,12-13H,2,8-11H2,1H3,(H,23,26). The van der Waals surface area contributed by atoms with Crippen LogP contribution >= 0.6 is 11.6 Å². The summed E-state index contributed by atoms with van der Waals surface area (Å²) >= 11 is 5.86. The number of sulfonamides is 1. The molecule has 0 radical (unpaired) electrons. The average molecular weight is 470 g/mol. The molecule has 2 amide bonds. The monoisotopic (exact) mass is 469 g/mol. The van der Waals surface area contributed by atoms with Crippen molar-refractivity contribution in [3.63, 3.8) is 0 Å². The van der Waals surface area contributed by atoms with Crippen LogP contribution in [0.4, 0.5) is 14.9 Å². The summed E-state index contributed by atoms with van der Waals surface area (Å²) in [7, 11) is -3.96. The van der Waals surface area contributed by atoms with E-state index >= 15 is 0 Å². The van der Waals surface area contributed by atoms with Gasteiger partial charge in [0.15, 0.2) is 0 Å². The van der Waals surface area contributed by atoms with Gasteiger partial charge in [-0.1, -0.05) is 17.7 Å². The topological polar surface area (TPSA) is 96.0 Å². The molecule has 11 heteroatoms. The van der Waals surface area contributed by atoms with Crippen molar-refractivity contribution in [1.29, 1.82) is 0 Å². The number of hydrogen-bond donors (Lipinski definition) is 1. The van der Waals surface area contributed by atoms with Crippen molar-refractivity contribution >= 4 is 39.3 Å². The number of nitrogens with zero attached hydrogens (tertiary/aromatic N) is 2. The van der Waals surface area contributed by atoms with Crippen LogP contribution in [0.1, 0.15) is 17.3 Å². The van der Waals surface area contributed by atoms with Crippen molar-refractivity contribution in [3.8, 4) is 0 Å². The average Bonchev–Trinajstić information content (AvgIpc) is 2.75. The van der Waals surface area contributed by atoms with Crippen LogP contribution in [0.5, 0.6) is 0 Å². The second-order valence-electron chi connectivity index (χ2n) is 6.70. The third-order valence-electron chi connectivity index (χ3n) is 4.68. The van der Waals surface area contributed by atoms with Gasteiger partial charge in [-0.25, -0.2) is 17.6 Å². The predicted octanol–water partition coefficient (Wildman–Crippen LogP) is 3.19. The highest BCUT2D eigenvalue weighted by molar-refractivity contribution is 7.89. The maximum atomic E-state index is 14.6. The number of amides is 2. The molecule has 2 aromatic rings. The zero-order chi connectivity index (χ0) is 22.6. The number of rotatable bonds is 5. The van der Waals surface area contributed by atoms with Crippen molar-refractivity contribution in [2.45, 2.75) is 11.8 Å². The zero-order valence-electron chi connectivity index (χ0n) is 16.7. The molecule has 1 aliphatic rings. The molecular formula is C20H21ClFN3O5S. The minimum absolute atomic E-state index is 0.0655. The fourth-order valence-electron chi connectivity index (χ4n) is 3.06. The Labute approximate surface area is 184 Å². The summed E-state index contributed by atoms with van der Waals surface area (Å²) in [6.07, 6.45) is -0.495. The molecule has 0 saturated carbocycles. The van der Waals surface area contributed by atoms with Crippen molar-refractivity contribution in [3.05, 3.63) is 58.9 Å². The van der Waals surface area contributed by atoms with E-state index in [0.29, 0.717) is 5.02 Å². The molecule has 0 atom stereocenters. The second-order valence-corrected chi connectivity index (χ2v) is 9.07. The maximum Gasteiger partial charge on any atom is 0.409 e. The summed E-state index contributed by atoms with van der Waals surface area (Å²) in [5.41, 5.74) is 0.0825. The second kappa shape index (κ2) is 9.63. The lowest BCUT2D eigenvalue weighted by Crippen LogP contribution is -2.50. The number of halogens is 2. The highest BCUT2D eigenvalue weighted by atomic mass is 35.5. The van der Waals surface area contributed by atoms with Gasteiger partial charge >= 0.3 is 6.09 Å². The number of nitrogens with one attached hydrogen (secondary N) is 1. The molecule has 31 heavy (non-hydrogen) atoms. The first-order chi connectivity index (χ1) is 14.7. The number of carbonyl (C=O) groups excluding carboxylic acids is 2. The minimum atomic E-state index is -3.96. The lowest BCUT2D eigenvalue weighted by molar-refractivity contribution is 0.0933. The van der Waals surface area contributed by atoms with Gasteiger partial charge in [-0.3, -0.25) is 4.79 Å². The van der Waals surface area contributed by atoms with Crippen LogP contribution in [0, 0.1) is 5.82 Å². The Morgan fingerprint density at radius 1 is 1.13 bits per heavy atom. The molecule has 3 rings (SSSR count). The first kappa shape index (κ1) is 23.0. The SMILES string of the molecule is CCOC(=O)N1CCN(S(=O)(=O)c2ccc(NC(=O)c3cccc(Cl)c3)c(F)c2)CC1. The predicted molar refractivity (Wildman–Crippen MR) is 113 cm³/mol. The van der Waals surface area contributed by atoms with Crippen LogP contribution in [-0.4, -0.2) is 62.4 Å². The van der Waals surface area contributed by atoms with E-state index in [1.54, 1.807) is 19.1 Å². The summed E-state index contributed by atoms with van der Waals surface area (Å²) in [5, 5.41) is 2.76. The molecule has 1 heterocycles. The molecule has 1 fully saturated rings. The lowest BCUT2D eigenvalue weighted by Gasteiger charge is -2.33. The van der Waals surface area contributed by atoms with E-state index in [2.05, 4.69) is 5.32 Å². The van der Waals surface area contributed by atoms with Gasteiger partial charge in [-0.15, -0.1) is 0 Å². The number of ether oxygens (including phenoxy) is 1. The Morgan fingerprint density at radius 2 is 1.84 bits per heavy atom. The Hall–Kier alpha value is -2.69. The summed E-state index contributed by atoms with van der Waals surface area (Å²) < 4.78 is 46.4. The Bertz CT molecular complexity index is 1090. The zero-order valence-corrected chi connectivity index (χ0v) is 18.2. The Balaban J connectivity index is 1.70. The molecule has 0 aromatic heterocycles. The van der Waals surface area contributed by atoms with Gasteiger partial charge in [0.2, 0.25) is 10.0 Å². The fraction of sp³-hybridized carbons (Fsp3) is 0.300. The number of benzene rings is 2. The van der Waals surface area contributed by atoms with Crippen LogP contribution in [0.2, 0.25) is 5.02 Å². The van der Waals surface area contributed by atoms with E-state index in [1.807, 2.05) is 0 Å². The first-order valence-electron chi connectivity index (χ1n) is 9.50. The largest absolute Gasteiger partial charge is 0.450 e. The quantitative estimate of drug-likeness (QED) is 0.725. The van der Waals surface area contributed by atoms with Crippen molar-refractivity contribution in [1.82, 2.24) is 9.21 Å². The van der Waals surface area contributed by atoms with Crippen LogP contribution in [0.15, 0.2) is 47.4 Å². The normalized spacial score (nSPS) is 14.9. The van der Waals surface area contributed by atoms with E-state index in [1.165, 1.54) is 33.5 Å². The number of carbonyl (C=O) groups is 2. The van der Waals surface area contributed by atoms with Gasteiger partial charge in [0.1, 0.15) is 5.82 Å². The first-order valence-corrected chi connectivity index (χ1v) is 11.3. The molecule has 0 aliphatic carbocycles. The van der Waals surface area contributed by atoms with Gasteiger partial charge < -0.3 is 15.0 Å². The lowest BCUT2D eigenvalue weighted by atomic mass is 10.2. The summed E-state index contributed by atoms with van der Waals surface area (Å²) in [6, 6.07) is 9.43. The highest BCUT2D eigenvalue weighted by Gasteiger charge is 2.31. The van der Waals surface area contributed by atoms with Crippen LogP contribution in [0.3, 0.4) is 0 Å². The molecule has 1 saturated heterocycles. The molecule has 1 aliphatic heterocycles. The van der Waals surface area contributed by atoms with E-state index in [9.17, 15) is 22.4 Å². The number of anilines is 1. The van der Waals surface area contributed by atoms with Crippen molar-refractivity contribution in [2.24, 2.45) is 0 Å². The van der Waals surface area contributed by atoms with E-state index in [4.69, 9.17) is 16.3 Å². The summed E-state index contributed by atoms with van der Waals surface area (Å²) in [4.78, 5) is 25.2. The minimum Gasteiger partial charge on any atom is -0.450 e. The fourth-order valence-corrected chi connectivity index (χ4v) is 4.68. The van der Waals surface area contributed by atoms with Crippen LogP contribution < -0.4 is 5.32 Å². The summed E-state index contributed by atoms with van der Waals surface area (Å²) in [6.45, 7) is 2.40. The Morgan fingerprint density at radius 3 is 2.45 bits per heavy atom. The molecule has 2 aromatic carbocycles. The molecule has 0 unspecified atom stereocenters. The molecule has 0 spiro atoms. The number of piperazine rings is 1. The highest BCUT2D eigenvalue weighted by Crippen LogP contribution is 2.24. The molecule has 0 bridgehead atoms. The van der Waals surface area contributed by atoms with Gasteiger partial charge in [-0.2, -0.15) is 4.31 Å². The third-order valence-corrected chi connectivity index (χ3v) is 6.81. The maximum absolute atomic E-state index is 14.6. The van der Waals surface area contributed by atoms with Gasteiger partial charge in [0.05, 0.1) is 17.2 Å². The van der Waals surface area contributed by atoms with Gasteiger partial charge in [0.25, 0.3) is 5.91 Å². The van der Waals surface area contributed by atoms with Crippen LogP contribution in [-0.2, 0) is 14.8 Å². The smallest absolute Gasteiger partial charge is 0.409 e.